The van der Waals surface area contributed by atoms with E-state index in [2.05, 4.69) is 10.6 Å². The van der Waals surface area contributed by atoms with Crippen LogP contribution in [0.4, 0.5) is 11.4 Å². The second-order valence-electron chi connectivity index (χ2n) is 5.32. The summed E-state index contributed by atoms with van der Waals surface area (Å²) >= 11 is 0. The van der Waals surface area contributed by atoms with Crippen LogP contribution in [0, 0.1) is 12.3 Å². The molecule has 0 aliphatic heterocycles. The zero-order valence-corrected chi connectivity index (χ0v) is 12.0. The number of nitrogens with one attached hydrogen (secondary N) is 2. The van der Waals surface area contributed by atoms with Crippen molar-refractivity contribution in [3.63, 3.8) is 0 Å². The number of carbonyl (C=O) groups is 2. The SMILES string of the molecule is CCC(=O)Nc1cccc(NC(=O)C2(CN)CC2)c1C. The highest BCUT2D eigenvalue weighted by Crippen LogP contribution is 2.45. The fourth-order valence-corrected chi connectivity index (χ4v) is 2.07. The number of anilines is 2. The number of amides is 2. The summed E-state index contributed by atoms with van der Waals surface area (Å²) in [6.45, 7) is 4.06. The zero-order valence-electron chi connectivity index (χ0n) is 12.0. The molecule has 0 saturated heterocycles. The largest absolute Gasteiger partial charge is 0.329 e. The van der Waals surface area contributed by atoms with Crippen LogP contribution in [0.3, 0.4) is 0 Å². The van der Waals surface area contributed by atoms with Crippen LogP contribution in [0.2, 0.25) is 0 Å². The molecule has 2 rings (SSSR count). The molecule has 1 fully saturated rings. The molecule has 5 heteroatoms. The van der Waals surface area contributed by atoms with Crippen LogP contribution >= 0.6 is 0 Å². The highest BCUT2D eigenvalue weighted by molar-refractivity contribution is 5.99. The van der Waals surface area contributed by atoms with Gasteiger partial charge in [0, 0.05) is 24.3 Å². The summed E-state index contributed by atoms with van der Waals surface area (Å²) in [5.41, 5.74) is 7.59. The molecule has 0 unspecified atom stereocenters. The topological polar surface area (TPSA) is 84.2 Å². The molecule has 0 bridgehead atoms. The Kier molecular flexibility index (Phi) is 4.09. The van der Waals surface area contributed by atoms with Crippen LogP contribution in [-0.4, -0.2) is 18.4 Å². The summed E-state index contributed by atoms with van der Waals surface area (Å²) in [4.78, 5) is 23.7. The fraction of sp³-hybridized carbons (Fsp3) is 0.467. The van der Waals surface area contributed by atoms with Gasteiger partial charge in [-0.25, -0.2) is 0 Å². The van der Waals surface area contributed by atoms with Gasteiger partial charge in [-0.15, -0.1) is 0 Å². The van der Waals surface area contributed by atoms with Crippen LogP contribution in [-0.2, 0) is 9.59 Å². The molecule has 5 nitrogen and oxygen atoms in total. The molecule has 1 aliphatic rings. The van der Waals surface area contributed by atoms with Gasteiger partial charge >= 0.3 is 0 Å². The van der Waals surface area contributed by atoms with Crippen LogP contribution in [0.15, 0.2) is 18.2 Å². The Labute approximate surface area is 118 Å². The molecule has 20 heavy (non-hydrogen) atoms. The summed E-state index contributed by atoms with van der Waals surface area (Å²) in [5.74, 6) is -0.0701. The molecule has 0 heterocycles. The molecular formula is C15H21N3O2. The summed E-state index contributed by atoms with van der Waals surface area (Å²) in [7, 11) is 0. The van der Waals surface area contributed by atoms with E-state index < -0.39 is 0 Å². The summed E-state index contributed by atoms with van der Waals surface area (Å²) in [5, 5.41) is 5.75. The van der Waals surface area contributed by atoms with Crippen molar-refractivity contribution in [1.29, 1.82) is 0 Å². The van der Waals surface area contributed by atoms with Crippen LogP contribution in [0.25, 0.3) is 0 Å². The first-order valence-electron chi connectivity index (χ1n) is 6.93. The molecule has 4 N–H and O–H groups in total. The summed E-state index contributed by atoms with van der Waals surface area (Å²) in [6.07, 6.45) is 2.12. The number of hydrogen-bond acceptors (Lipinski definition) is 3. The van der Waals surface area contributed by atoms with Gasteiger partial charge < -0.3 is 16.4 Å². The average molecular weight is 275 g/mol. The third-order valence-electron chi connectivity index (χ3n) is 3.90. The monoisotopic (exact) mass is 275 g/mol. The van der Waals surface area contributed by atoms with E-state index in [-0.39, 0.29) is 17.2 Å². The predicted molar refractivity (Wildman–Crippen MR) is 79.5 cm³/mol. The number of hydrogen-bond donors (Lipinski definition) is 3. The van der Waals surface area contributed by atoms with E-state index in [1.54, 1.807) is 6.92 Å². The van der Waals surface area contributed by atoms with E-state index in [4.69, 9.17) is 5.73 Å². The van der Waals surface area contributed by atoms with Crippen molar-refractivity contribution in [2.24, 2.45) is 11.1 Å². The minimum absolute atomic E-state index is 0.0259. The van der Waals surface area contributed by atoms with Crippen molar-refractivity contribution in [2.45, 2.75) is 33.1 Å². The second-order valence-corrected chi connectivity index (χ2v) is 5.32. The highest BCUT2D eigenvalue weighted by Gasteiger charge is 2.48. The first-order chi connectivity index (χ1) is 9.52. The predicted octanol–water partition coefficient (Wildman–Crippen LogP) is 2.02. The smallest absolute Gasteiger partial charge is 0.231 e. The Hall–Kier alpha value is -1.88. The van der Waals surface area contributed by atoms with Gasteiger partial charge in [0.1, 0.15) is 0 Å². The summed E-state index contributed by atoms with van der Waals surface area (Å²) in [6, 6.07) is 5.48. The van der Waals surface area contributed by atoms with E-state index in [1.807, 2.05) is 25.1 Å². The van der Waals surface area contributed by atoms with Crippen molar-refractivity contribution < 1.29 is 9.59 Å². The van der Waals surface area contributed by atoms with Crippen LogP contribution < -0.4 is 16.4 Å². The Morgan fingerprint density at radius 3 is 2.35 bits per heavy atom. The number of nitrogens with two attached hydrogens (primary N) is 1. The Balaban J connectivity index is 2.14. The lowest BCUT2D eigenvalue weighted by atomic mass is 10.1. The molecule has 1 aromatic rings. The van der Waals surface area contributed by atoms with Crippen molar-refractivity contribution >= 4 is 23.2 Å². The molecule has 108 valence electrons. The quantitative estimate of drug-likeness (QED) is 0.768. The Morgan fingerprint density at radius 2 is 1.85 bits per heavy atom. The normalized spacial score (nSPS) is 15.6. The number of rotatable bonds is 5. The van der Waals surface area contributed by atoms with Crippen LogP contribution in [0.1, 0.15) is 31.7 Å². The Morgan fingerprint density at radius 1 is 1.25 bits per heavy atom. The molecule has 0 atom stereocenters. The van der Waals surface area contributed by atoms with Gasteiger partial charge in [-0.2, -0.15) is 0 Å². The number of benzene rings is 1. The molecule has 1 aliphatic carbocycles. The van der Waals surface area contributed by atoms with Gasteiger partial charge in [-0.1, -0.05) is 13.0 Å². The van der Waals surface area contributed by atoms with E-state index in [9.17, 15) is 9.59 Å². The Bertz CT molecular complexity index is 536. The second kappa shape index (κ2) is 5.63. The maximum absolute atomic E-state index is 12.2. The minimum Gasteiger partial charge on any atom is -0.329 e. The van der Waals surface area contributed by atoms with Gasteiger partial charge in [-0.05, 0) is 37.5 Å². The van der Waals surface area contributed by atoms with Gasteiger partial charge in [0.15, 0.2) is 0 Å². The molecule has 2 amide bonds. The van der Waals surface area contributed by atoms with Crippen molar-refractivity contribution in [3.8, 4) is 0 Å². The zero-order chi connectivity index (χ0) is 14.8. The molecule has 0 radical (unpaired) electrons. The minimum atomic E-state index is -0.380. The molecule has 0 aromatic heterocycles. The maximum Gasteiger partial charge on any atom is 0.231 e. The summed E-state index contributed by atoms with van der Waals surface area (Å²) < 4.78 is 0. The first-order valence-corrected chi connectivity index (χ1v) is 6.93. The van der Waals surface area contributed by atoms with Crippen LogP contribution in [0.5, 0.6) is 0 Å². The van der Waals surface area contributed by atoms with Gasteiger partial charge in [0.2, 0.25) is 11.8 Å². The lowest BCUT2D eigenvalue weighted by Crippen LogP contribution is -2.31. The first kappa shape index (κ1) is 14.5. The molecule has 1 aromatic carbocycles. The van der Waals surface area contributed by atoms with E-state index >= 15 is 0 Å². The fourth-order valence-electron chi connectivity index (χ4n) is 2.07. The molecule has 1 saturated carbocycles. The van der Waals surface area contributed by atoms with Gasteiger partial charge in [-0.3, -0.25) is 9.59 Å². The highest BCUT2D eigenvalue weighted by atomic mass is 16.2. The maximum atomic E-state index is 12.2. The molecule has 0 spiro atoms. The average Bonchev–Trinajstić information content (AvgIpc) is 3.24. The van der Waals surface area contributed by atoms with Gasteiger partial charge in [0.25, 0.3) is 0 Å². The number of carbonyl (C=O) groups excluding carboxylic acids is 2. The van der Waals surface area contributed by atoms with Crippen molar-refractivity contribution in [2.75, 3.05) is 17.2 Å². The van der Waals surface area contributed by atoms with E-state index in [0.29, 0.717) is 13.0 Å². The lowest BCUT2D eigenvalue weighted by Gasteiger charge is -2.16. The van der Waals surface area contributed by atoms with E-state index in [1.165, 1.54) is 0 Å². The van der Waals surface area contributed by atoms with E-state index in [0.717, 1.165) is 29.8 Å². The van der Waals surface area contributed by atoms with Crippen molar-refractivity contribution in [1.82, 2.24) is 0 Å². The standard InChI is InChI=1S/C15H21N3O2/c1-3-13(19)17-11-5-4-6-12(10(11)2)18-14(20)15(9-16)7-8-15/h4-6H,3,7-9,16H2,1-2H3,(H,17,19)(H,18,20). The molecular weight excluding hydrogens is 254 g/mol. The third-order valence-corrected chi connectivity index (χ3v) is 3.90. The third kappa shape index (κ3) is 2.82. The lowest BCUT2D eigenvalue weighted by molar-refractivity contribution is -0.120. The van der Waals surface area contributed by atoms with Crippen molar-refractivity contribution in [3.05, 3.63) is 23.8 Å². The van der Waals surface area contributed by atoms with Gasteiger partial charge in [0.05, 0.1) is 5.41 Å².